The van der Waals surface area contributed by atoms with E-state index in [4.69, 9.17) is 9.47 Å². The number of nitrogens with zero attached hydrogens (tertiary/aromatic N) is 4. The molecule has 0 radical (unpaired) electrons. The molecule has 0 unspecified atom stereocenters. The van der Waals surface area contributed by atoms with Crippen molar-refractivity contribution in [3.8, 4) is 28.8 Å². The Morgan fingerprint density at radius 3 is 2.70 bits per heavy atom. The maximum absolute atomic E-state index is 13.6. The predicted molar refractivity (Wildman–Crippen MR) is 152 cm³/mol. The van der Waals surface area contributed by atoms with Gasteiger partial charge in [0, 0.05) is 60.5 Å². The van der Waals surface area contributed by atoms with Gasteiger partial charge in [-0.05, 0) is 62.7 Å². The molecule has 1 aliphatic rings. The summed E-state index contributed by atoms with van der Waals surface area (Å²) in [6, 6.07) is 12.7. The number of nitrogens with one attached hydrogen (secondary N) is 2. The number of carbonyl (C=O) groups is 2. The number of rotatable bonds is 7. The van der Waals surface area contributed by atoms with Crippen LogP contribution in [0, 0.1) is 25.2 Å². The van der Waals surface area contributed by atoms with Crippen LogP contribution in [0.2, 0.25) is 0 Å². The van der Waals surface area contributed by atoms with E-state index in [0.717, 1.165) is 39.1 Å². The van der Waals surface area contributed by atoms with Gasteiger partial charge >= 0.3 is 6.03 Å². The third-order valence-corrected chi connectivity index (χ3v) is 7.15. The van der Waals surface area contributed by atoms with E-state index in [1.165, 1.54) is 7.05 Å². The van der Waals surface area contributed by atoms with Gasteiger partial charge in [-0.15, -0.1) is 0 Å². The molecule has 0 bridgehead atoms. The van der Waals surface area contributed by atoms with Crippen LogP contribution in [0.15, 0.2) is 42.2 Å². The summed E-state index contributed by atoms with van der Waals surface area (Å²) < 4.78 is 15.6. The molecule has 2 amide bonds. The number of benzene rings is 2. The number of amides is 2. The van der Waals surface area contributed by atoms with Gasteiger partial charge in [0.15, 0.2) is 5.76 Å². The standard InChI is InChI=1S/C30H30N6O4/c1-17-27(18(2)35(4)34-17)28-22(21-15-20(39-5)9-10-24(21)36(28)13-7-6-12-31)16-26-29(37)23-14-19(33-30(38)32-3)8-11-25(23)40-26/h8-11,14-16H,6-7,13H2,1-5H3,(H2,32,33,38)/b26-16-. The monoisotopic (exact) mass is 538 g/mol. The zero-order chi connectivity index (χ0) is 28.6. The number of ether oxygens (including phenoxy) is 2. The number of allylic oxidation sites excluding steroid dienone is 1. The Hall–Kier alpha value is -5.04. The van der Waals surface area contributed by atoms with Crippen LogP contribution in [0.25, 0.3) is 28.2 Å². The normalized spacial score (nSPS) is 13.3. The van der Waals surface area contributed by atoms with Gasteiger partial charge in [-0.2, -0.15) is 10.4 Å². The van der Waals surface area contributed by atoms with Gasteiger partial charge in [0.2, 0.25) is 5.78 Å². The van der Waals surface area contributed by atoms with Crippen molar-refractivity contribution in [2.75, 3.05) is 19.5 Å². The molecular weight excluding hydrogens is 508 g/mol. The molecule has 0 saturated heterocycles. The average Bonchev–Trinajstić information content (AvgIpc) is 3.51. The summed E-state index contributed by atoms with van der Waals surface area (Å²) >= 11 is 0. The van der Waals surface area contributed by atoms with Gasteiger partial charge in [0.05, 0.1) is 30.1 Å². The predicted octanol–water partition coefficient (Wildman–Crippen LogP) is 5.34. The second-order valence-electron chi connectivity index (χ2n) is 9.58. The van der Waals surface area contributed by atoms with Gasteiger partial charge in [-0.3, -0.25) is 9.48 Å². The highest BCUT2D eigenvalue weighted by atomic mass is 16.5. The summed E-state index contributed by atoms with van der Waals surface area (Å²) in [6.07, 6.45) is 2.85. The summed E-state index contributed by atoms with van der Waals surface area (Å²) in [6.45, 7) is 4.58. The first-order chi connectivity index (χ1) is 19.3. The average molecular weight is 539 g/mol. The topological polar surface area (TPSA) is 123 Å². The van der Waals surface area contributed by atoms with Crippen LogP contribution in [0.3, 0.4) is 0 Å². The summed E-state index contributed by atoms with van der Waals surface area (Å²) in [5.41, 5.74) is 6.27. The van der Waals surface area contributed by atoms with E-state index in [-0.39, 0.29) is 17.6 Å². The number of aryl methyl sites for hydroxylation is 3. The lowest BCUT2D eigenvalue weighted by atomic mass is 10.0. The number of unbranched alkanes of at least 4 members (excludes halogenated alkanes) is 1. The molecule has 0 saturated carbocycles. The van der Waals surface area contributed by atoms with Crippen molar-refractivity contribution in [2.24, 2.45) is 7.05 Å². The SMILES string of the molecule is CNC(=O)Nc1ccc2c(c1)C(=O)/C(=C/c1c(-c3c(C)nn(C)c3C)n(CCCC#N)c3ccc(OC)cc13)O2. The van der Waals surface area contributed by atoms with Crippen molar-refractivity contribution in [3.05, 3.63) is 64.7 Å². The van der Waals surface area contributed by atoms with Crippen molar-refractivity contribution in [1.29, 1.82) is 5.26 Å². The maximum atomic E-state index is 13.6. The Labute approximate surface area is 231 Å². The van der Waals surface area contributed by atoms with E-state index in [2.05, 4.69) is 26.4 Å². The van der Waals surface area contributed by atoms with Crippen LogP contribution in [0.5, 0.6) is 11.5 Å². The molecule has 0 atom stereocenters. The fraction of sp³-hybridized carbons (Fsp3) is 0.267. The van der Waals surface area contributed by atoms with E-state index in [1.54, 1.807) is 31.4 Å². The summed E-state index contributed by atoms with van der Waals surface area (Å²) in [4.78, 5) is 25.3. The van der Waals surface area contributed by atoms with Gasteiger partial charge in [-0.1, -0.05) is 0 Å². The first-order valence-electron chi connectivity index (χ1n) is 12.9. The quantitative estimate of drug-likeness (QED) is 0.242. The number of Topliss-reactive ketones (excluding diaryl/α,β-unsaturated/α-hetero) is 1. The molecule has 40 heavy (non-hydrogen) atoms. The largest absolute Gasteiger partial charge is 0.497 e. The van der Waals surface area contributed by atoms with Gasteiger partial charge in [0.1, 0.15) is 11.5 Å². The van der Waals surface area contributed by atoms with E-state index >= 15 is 0 Å². The third kappa shape index (κ3) is 4.56. The molecule has 10 heteroatoms. The van der Waals surface area contributed by atoms with E-state index in [9.17, 15) is 14.9 Å². The van der Waals surface area contributed by atoms with Crippen LogP contribution < -0.4 is 20.1 Å². The fourth-order valence-electron chi connectivity index (χ4n) is 5.16. The van der Waals surface area contributed by atoms with Crippen LogP contribution in [0.1, 0.15) is 40.2 Å². The number of ketones is 1. The Morgan fingerprint density at radius 1 is 1.23 bits per heavy atom. The second kappa shape index (κ2) is 10.6. The summed E-state index contributed by atoms with van der Waals surface area (Å²) in [7, 11) is 5.04. The number of carbonyl (C=O) groups excluding carboxylic acids is 2. The third-order valence-electron chi connectivity index (χ3n) is 7.15. The zero-order valence-electron chi connectivity index (χ0n) is 23.1. The van der Waals surface area contributed by atoms with Crippen molar-refractivity contribution >= 4 is 34.5 Å². The maximum Gasteiger partial charge on any atom is 0.318 e. The molecule has 2 N–H and O–H groups in total. The van der Waals surface area contributed by atoms with Gasteiger partial charge in [0.25, 0.3) is 0 Å². The highest BCUT2D eigenvalue weighted by Gasteiger charge is 2.30. The van der Waals surface area contributed by atoms with Crippen molar-refractivity contribution in [1.82, 2.24) is 19.7 Å². The molecule has 10 nitrogen and oxygen atoms in total. The molecule has 0 aliphatic carbocycles. The van der Waals surface area contributed by atoms with Crippen LogP contribution >= 0.6 is 0 Å². The number of hydrogen-bond donors (Lipinski definition) is 2. The highest BCUT2D eigenvalue weighted by molar-refractivity contribution is 6.16. The summed E-state index contributed by atoms with van der Waals surface area (Å²) in [5, 5.41) is 19.9. The van der Waals surface area contributed by atoms with Crippen LogP contribution in [0.4, 0.5) is 10.5 Å². The molecule has 0 fully saturated rings. The number of anilines is 1. The molecule has 2 aromatic carbocycles. The number of fused-ring (bicyclic) bond motifs is 2. The van der Waals surface area contributed by atoms with Crippen LogP contribution in [-0.4, -0.2) is 40.3 Å². The molecule has 1 aliphatic heterocycles. The Kier molecular flexibility index (Phi) is 7.05. The van der Waals surface area contributed by atoms with Gasteiger partial charge < -0.3 is 24.7 Å². The lowest BCUT2D eigenvalue weighted by molar-refractivity contribution is 0.101. The molecule has 5 rings (SSSR count). The Balaban J connectivity index is 1.72. The molecule has 4 aromatic rings. The molecule has 204 valence electrons. The minimum Gasteiger partial charge on any atom is -0.497 e. The number of aromatic nitrogens is 3. The Morgan fingerprint density at radius 2 is 2.02 bits per heavy atom. The lowest BCUT2D eigenvalue weighted by Gasteiger charge is -2.12. The molecular formula is C30H30N6O4. The molecule has 2 aromatic heterocycles. The van der Waals surface area contributed by atoms with E-state index in [1.807, 2.05) is 43.8 Å². The molecule has 3 heterocycles. The van der Waals surface area contributed by atoms with Crippen molar-refractivity contribution in [2.45, 2.75) is 33.2 Å². The highest BCUT2D eigenvalue weighted by Crippen LogP contribution is 2.42. The van der Waals surface area contributed by atoms with E-state index < -0.39 is 0 Å². The first-order valence-corrected chi connectivity index (χ1v) is 12.9. The number of nitriles is 1. The lowest BCUT2D eigenvalue weighted by Crippen LogP contribution is -2.24. The van der Waals surface area contributed by atoms with E-state index in [0.29, 0.717) is 42.1 Å². The molecule has 0 spiro atoms. The fourth-order valence-corrected chi connectivity index (χ4v) is 5.16. The number of hydrogen-bond acceptors (Lipinski definition) is 6. The first kappa shape index (κ1) is 26.6. The van der Waals surface area contributed by atoms with Crippen LogP contribution in [-0.2, 0) is 13.6 Å². The van der Waals surface area contributed by atoms with Crippen molar-refractivity contribution in [3.63, 3.8) is 0 Å². The number of urea groups is 1. The van der Waals surface area contributed by atoms with Gasteiger partial charge in [-0.25, -0.2) is 4.79 Å². The second-order valence-corrected chi connectivity index (χ2v) is 9.58. The smallest absolute Gasteiger partial charge is 0.318 e. The minimum atomic E-state index is -0.382. The van der Waals surface area contributed by atoms with Crippen molar-refractivity contribution < 1.29 is 19.1 Å². The Bertz CT molecular complexity index is 1740. The zero-order valence-corrected chi connectivity index (χ0v) is 23.1. The minimum absolute atomic E-state index is 0.173. The number of methoxy groups -OCH3 is 1. The summed E-state index contributed by atoms with van der Waals surface area (Å²) in [5.74, 6) is 0.990.